The van der Waals surface area contributed by atoms with Crippen molar-refractivity contribution < 1.29 is 17.9 Å². The van der Waals surface area contributed by atoms with Crippen LogP contribution >= 0.6 is 0 Å². The van der Waals surface area contributed by atoms with E-state index in [1.165, 1.54) is 6.07 Å². The molecule has 0 atom stereocenters. The van der Waals surface area contributed by atoms with Crippen LogP contribution in [0.3, 0.4) is 0 Å². The Morgan fingerprint density at radius 1 is 1.15 bits per heavy atom. The van der Waals surface area contributed by atoms with Gasteiger partial charge in [-0.25, -0.2) is 13.1 Å². The summed E-state index contributed by atoms with van der Waals surface area (Å²) in [7, 11) is -2.01. The summed E-state index contributed by atoms with van der Waals surface area (Å²) >= 11 is 0. The number of benzene rings is 2. The first kappa shape index (κ1) is 17.1. The number of carbonyl (C=O) groups excluding carboxylic acids is 1. The van der Waals surface area contributed by atoms with Gasteiger partial charge in [-0.2, -0.15) is 0 Å². The monoisotopic (exact) mass is 372 g/mol. The van der Waals surface area contributed by atoms with E-state index < -0.39 is 10.0 Å². The smallest absolute Gasteiger partial charge is 0.240 e. The van der Waals surface area contributed by atoms with Gasteiger partial charge in [0.25, 0.3) is 0 Å². The fraction of sp³-hybridized carbons (Fsp3) is 0.316. The molecule has 2 aliphatic rings. The predicted octanol–water partition coefficient (Wildman–Crippen LogP) is 2.20. The zero-order valence-electron chi connectivity index (χ0n) is 14.4. The zero-order chi connectivity index (χ0) is 18.4. The molecule has 0 aromatic heterocycles. The average Bonchev–Trinajstić information content (AvgIpc) is 3.34. The molecule has 1 amide bonds. The maximum absolute atomic E-state index is 12.7. The first-order valence-corrected chi connectivity index (χ1v) is 9.97. The van der Waals surface area contributed by atoms with Gasteiger partial charge in [0.2, 0.25) is 15.9 Å². The van der Waals surface area contributed by atoms with Gasteiger partial charge in [-0.1, -0.05) is 12.1 Å². The van der Waals surface area contributed by atoms with Crippen LogP contribution in [-0.2, 0) is 26.7 Å². The summed E-state index contributed by atoms with van der Waals surface area (Å²) in [4.78, 5) is 11.6. The van der Waals surface area contributed by atoms with Gasteiger partial charge in [-0.05, 0) is 54.3 Å². The number of hydrogen-bond acceptors (Lipinski definition) is 4. The molecule has 7 heteroatoms. The lowest BCUT2D eigenvalue weighted by atomic mass is 9.96. The van der Waals surface area contributed by atoms with Crippen molar-refractivity contribution in [2.75, 3.05) is 19.0 Å². The number of fused-ring (bicyclic) bond motifs is 1. The summed E-state index contributed by atoms with van der Waals surface area (Å²) in [6, 6.07) is 12.5. The maximum Gasteiger partial charge on any atom is 0.240 e. The molecule has 0 unspecified atom stereocenters. The Bertz CT molecular complexity index is 964. The highest BCUT2D eigenvalue weighted by molar-refractivity contribution is 7.89. The van der Waals surface area contributed by atoms with E-state index in [-0.39, 0.29) is 22.6 Å². The molecule has 0 spiro atoms. The van der Waals surface area contributed by atoms with Crippen LogP contribution in [0, 0.1) is 0 Å². The normalized spacial score (nSPS) is 17.5. The Hall–Kier alpha value is -2.38. The van der Waals surface area contributed by atoms with Crippen LogP contribution in [0.4, 0.5) is 5.69 Å². The van der Waals surface area contributed by atoms with E-state index in [2.05, 4.69) is 10.0 Å². The van der Waals surface area contributed by atoms with Crippen molar-refractivity contribution in [1.29, 1.82) is 0 Å². The lowest BCUT2D eigenvalue weighted by molar-refractivity contribution is -0.115. The molecule has 1 aliphatic carbocycles. The zero-order valence-corrected chi connectivity index (χ0v) is 15.2. The average molecular weight is 372 g/mol. The molecular formula is C19H20N2O4S. The number of anilines is 1. The lowest BCUT2D eigenvalue weighted by Crippen LogP contribution is -2.32. The quantitative estimate of drug-likeness (QED) is 0.814. The number of nitrogens with one attached hydrogen (secondary N) is 2. The Morgan fingerprint density at radius 3 is 2.54 bits per heavy atom. The molecule has 1 aliphatic heterocycles. The van der Waals surface area contributed by atoms with E-state index in [4.69, 9.17) is 4.74 Å². The second-order valence-corrected chi connectivity index (χ2v) is 8.64. The molecule has 0 radical (unpaired) electrons. The SMILES string of the molecule is COc1ccc(C2(CNS(=O)(=O)c3ccc4c(c3)CC(=O)N4)CC2)cc1. The van der Waals surface area contributed by atoms with Crippen molar-refractivity contribution in [2.45, 2.75) is 29.6 Å². The summed E-state index contributed by atoms with van der Waals surface area (Å²) in [6.45, 7) is 0.357. The molecule has 136 valence electrons. The van der Waals surface area contributed by atoms with Crippen LogP contribution in [0.2, 0.25) is 0 Å². The van der Waals surface area contributed by atoms with Crippen molar-refractivity contribution in [3.8, 4) is 5.75 Å². The van der Waals surface area contributed by atoms with E-state index in [1.54, 1.807) is 19.2 Å². The fourth-order valence-electron chi connectivity index (χ4n) is 3.35. The largest absolute Gasteiger partial charge is 0.497 e. The molecule has 1 saturated carbocycles. The van der Waals surface area contributed by atoms with E-state index in [9.17, 15) is 13.2 Å². The van der Waals surface area contributed by atoms with E-state index in [1.807, 2.05) is 24.3 Å². The minimum Gasteiger partial charge on any atom is -0.497 e. The molecule has 26 heavy (non-hydrogen) atoms. The fourth-order valence-corrected chi connectivity index (χ4v) is 4.53. The van der Waals surface area contributed by atoms with Gasteiger partial charge in [0.15, 0.2) is 0 Å². The topological polar surface area (TPSA) is 84.5 Å². The van der Waals surface area contributed by atoms with Crippen molar-refractivity contribution in [1.82, 2.24) is 4.72 Å². The first-order valence-electron chi connectivity index (χ1n) is 8.49. The standard InChI is InChI=1S/C19H20N2O4S/c1-25-15-4-2-14(3-5-15)19(8-9-19)12-20-26(23,24)16-6-7-17-13(10-16)11-18(22)21-17/h2-7,10,20H,8-9,11-12H2,1H3,(H,21,22). The van der Waals surface area contributed by atoms with Crippen LogP contribution in [0.15, 0.2) is 47.4 Å². The molecular weight excluding hydrogens is 352 g/mol. The van der Waals surface area contributed by atoms with Gasteiger partial charge < -0.3 is 10.1 Å². The van der Waals surface area contributed by atoms with Gasteiger partial charge in [0.1, 0.15) is 5.75 Å². The van der Waals surface area contributed by atoms with E-state index in [0.717, 1.165) is 24.2 Å². The van der Waals surface area contributed by atoms with Gasteiger partial charge in [-0.15, -0.1) is 0 Å². The number of amides is 1. The highest BCUT2D eigenvalue weighted by Crippen LogP contribution is 2.48. The van der Waals surface area contributed by atoms with Gasteiger partial charge in [0.05, 0.1) is 18.4 Å². The van der Waals surface area contributed by atoms with Gasteiger partial charge in [0, 0.05) is 17.6 Å². The summed E-state index contributed by atoms with van der Waals surface area (Å²) in [5, 5.41) is 2.71. The molecule has 2 aromatic rings. The molecule has 0 bridgehead atoms. The number of sulfonamides is 1. The number of methoxy groups -OCH3 is 1. The van der Waals surface area contributed by atoms with Gasteiger partial charge in [-0.3, -0.25) is 4.79 Å². The molecule has 2 aromatic carbocycles. The molecule has 6 nitrogen and oxygen atoms in total. The third-order valence-corrected chi connectivity index (χ3v) is 6.57. The maximum atomic E-state index is 12.7. The Morgan fingerprint density at radius 2 is 1.88 bits per heavy atom. The molecule has 1 fully saturated rings. The van der Waals surface area contributed by atoms with Crippen molar-refractivity contribution in [3.63, 3.8) is 0 Å². The van der Waals surface area contributed by atoms with Crippen LogP contribution in [0.25, 0.3) is 0 Å². The second-order valence-electron chi connectivity index (χ2n) is 6.88. The van der Waals surface area contributed by atoms with Gasteiger partial charge >= 0.3 is 0 Å². The lowest BCUT2D eigenvalue weighted by Gasteiger charge is -2.17. The third kappa shape index (κ3) is 3.08. The second kappa shape index (κ2) is 6.10. The minimum absolute atomic E-state index is 0.112. The highest BCUT2D eigenvalue weighted by atomic mass is 32.2. The minimum atomic E-state index is -3.63. The van der Waals surface area contributed by atoms with Crippen LogP contribution < -0.4 is 14.8 Å². The summed E-state index contributed by atoms with van der Waals surface area (Å²) < 4.78 is 33.3. The number of ether oxygens (including phenoxy) is 1. The Kier molecular flexibility index (Phi) is 4.00. The Labute approximate surface area is 152 Å². The van der Waals surface area contributed by atoms with Crippen molar-refractivity contribution in [3.05, 3.63) is 53.6 Å². The number of carbonyl (C=O) groups is 1. The van der Waals surface area contributed by atoms with E-state index >= 15 is 0 Å². The molecule has 4 rings (SSSR count). The number of hydrogen-bond donors (Lipinski definition) is 2. The molecule has 2 N–H and O–H groups in total. The molecule has 1 heterocycles. The summed E-state index contributed by atoms with van der Waals surface area (Å²) in [6.07, 6.45) is 2.11. The van der Waals surface area contributed by atoms with Crippen molar-refractivity contribution >= 4 is 21.6 Å². The first-order chi connectivity index (χ1) is 12.4. The van der Waals surface area contributed by atoms with Crippen LogP contribution in [0.5, 0.6) is 5.75 Å². The third-order valence-electron chi connectivity index (χ3n) is 5.17. The van der Waals surface area contributed by atoms with Crippen LogP contribution in [0.1, 0.15) is 24.0 Å². The number of rotatable bonds is 6. The van der Waals surface area contributed by atoms with Crippen molar-refractivity contribution in [2.24, 2.45) is 0 Å². The Balaban J connectivity index is 1.50. The summed E-state index contributed by atoms with van der Waals surface area (Å²) in [5.74, 6) is 0.672. The highest BCUT2D eigenvalue weighted by Gasteiger charge is 2.44. The van der Waals surface area contributed by atoms with Crippen LogP contribution in [-0.4, -0.2) is 28.0 Å². The van der Waals surface area contributed by atoms with E-state index in [0.29, 0.717) is 17.8 Å². The molecule has 0 saturated heterocycles. The summed E-state index contributed by atoms with van der Waals surface area (Å²) in [5.41, 5.74) is 2.37. The predicted molar refractivity (Wildman–Crippen MR) is 97.9 cm³/mol.